The molecule has 0 bridgehead atoms. The van der Waals surface area contributed by atoms with Gasteiger partial charge in [-0.1, -0.05) is 24.3 Å². The molecule has 0 unspecified atom stereocenters. The lowest BCUT2D eigenvalue weighted by Gasteiger charge is -2.08. The van der Waals surface area contributed by atoms with E-state index in [1.54, 1.807) is 0 Å². The number of hydrogen-bond donors (Lipinski definition) is 2. The van der Waals surface area contributed by atoms with Gasteiger partial charge in [-0.15, -0.1) is 5.10 Å². The van der Waals surface area contributed by atoms with Gasteiger partial charge in [0, 0.05) is 23.7 Å². The standard InChI is InChI=1S/C13H16N4O/c1-9-10-5-2-3-6-11(10)13(17-16-9)15-8-4-7-12(14)18/h2-3,5-6H,4,7-8H2,1H3,(H2,14,18)(H,15,17). The summed E-state index contributed by atoms with van der Waals surface area (Å²) in [5, 5.41) is 13.6. The molecule has 0 radical (unpaired) electrons. The highest BCUT2D eigenvalue weighted by atomic mass is 16.1. The lowest BCUT2D eigenvalue weighted by Crippen LogP contribution is -2.13. The van der Waals surface area contributed by atoms with Crippen LogP contribution in [0.15, 0.2) is 24.3 Å². The van der Waals surface area contributed by atoms with Crippen LogP contribution in [0.5, 0.6) is 0 Å². The van der Waals surface area contributed by atoms with Crippen LogP contribution in [-0.4, -0.2) is 22.6 Å². The number of primary amides is 1. The number of aromatic nitrogens is 2. The number of nitrogens with zero attached hydrogens (tertiary/aromatic N) is 2. The highest BCUT2D eigenvalue weighted by Crippen LogP contribution is 2.22. The largest absolute Gasteiger partial charge is 0.370 e. The fourth-order valence-electron chi connectivity index (χ4n) is 1.84. The lowest BCUT2D eigenvalue weighted by atomic mass is 10.1. The minimum Gasteiger partial charge on any atom is -0.370 e. The van der Waals surface area contributed by atoms with Crippen molar-refractivity contribution < 1.29 is 4.79 Å². The molecule has 5 heteroatoms. The van der Waals surface area contributed by atoms with Crippen LogP contribution >= 0.6 is 0 Å². The zero-order valence-electron chi connectivity index (χ0n) is 10.3. The molecule has 1 amide bonds. The third kappa shape index (κ3) is 2.74. The highest BCUT2D eigenvalue weighted by Gasteiger charge is 2.05. The Labute approximate surface area is 105 Å². The van der Waals surface area contributed by atoms with Gasteiger partial charge in [0.2, 0.25) is 5.91 Å². The zero-order chi connectivity index (χ0) is 13.0. The molecule has 0 atom stereocenters. The van der Waals surface area contributed by atoms with Crippen LogP contribution in [0, 0.1) is 6.92 Å². The molecule has 5 nitrogen and oxygen atoms in total. The maximum absolute atomic E-state index is 10.6. The van der Waals surface area contributed by atoms with Crippen LogP contribution in [0.1, 0.15) is 18.5 Å². The fourth-order valence-corrected chi connectivity index (χ4v) is 1.84. The van der Waals surface area contributed by atoms with E-state index < -0.39 is 0 Å². The van der Waals surface area contributed by atoms with Crippen molar-refractivity contribution >= 4 is 22.5 Å². The fraction of sp³-hybridized carbons (Fsp3) is 0.308. The summed E-state index contributed by atoms with van der Waals surface area (Å²) >= 11 is 0. The molecule has 0 saturated heterocycles. The minimum atomic E-state index is -0.281. The molecule has 0 fully saturated rings. The Morgan fingerprint density at radius 1 is 1.28 bits per heavy atom. The summed E-state index contributed by atoms with van der Waals surface area (Å²) in [5.74, 6) is 0.470. The van der Waals surface area contributed by atoms with Crippen LogP contribution in [0.3, 0.4) is 0 Å². The summed E-state index contributed by atoms with van der Waals surface area (Å²) in [4.78, 5) is 10.6. The van der Waals surface area contributed by atoms with Gasteiger partial charge in [-0.25, -0.2) is 0 Å². The van der Waals surface area contributed by atoms with Crippen LogP contribution in [-0.2, 0) is 4.79 Å². The van der Waals surface area contributed by atoms with Crippen LogP contribution in [0.25, 0.3) is 10.8 Å². The van der Waals surface area contributed by atoms with Gasteiger partial charge in [-0.3, -0.25) is 4.79 Å². The molecule has 1 aromatic carbocycles. The van der Waals surface area contributed by atoms with Gasteiger partial charge < -0.3 is 11.1 Å². The summed E-state index contributed by atoms with van der Waals surface area (Å²) in [6, 6.07) is 7.98. The van der Waals surface area contributed by atoms with Crippen LogP contribution < -0.4 is 11.1 Å². The number of amides is 1. The average molecular weight is 244 g/mol. The summed E-state index contributed by atoms with van der Waals surface area (Å²) in [6.07, 6.45) is 1.07. The number of rotatable bonds is 5. The first-order valence-electron chi connectivity index (χ1n) is 5.92. The summed E-state index contributed by atoms with van der Waals surface area (Å²) in [6.45, 7) is 2.59. The van der Waals surface area contributed by atoms with E-state index in [2.05, 4.69) is 15.5 Å². The Morgan fingerprint density at radius 2 is 2.00 bits per heavy atom. The molecule has 1 aromatic heterocycles. The van der Waals surface area contributed by atoms with E-state index in [0.29, 0.717) is 19.4 Å². The van der Waals surface area contributed by atoms with Crippen LogP contribution in [0.2, 0.25) is 0 Å². The maximum atomic E-state index is 10.6. The summed E-state index contributed by atoms with van der Waals surface area (Å²) in [7, 11) is 0. The number of nitrogens with one attached hydrogen (secondary N) is 1. The molecule has 1 heterocycles. The van der Waals surface area contributed by atoms with Crippen molar-refractivity contribution in [2.45, 2.75) is 19.8 Å². The molecule has 0 aliphatic heterocycles. The van der Waals surface area contributed by atoms with Crippen molar-refractivity contribution in [3.8, 4) is 0 Å². The van der Waals surface area contributed by atoms with Gasteiger partial charge in [-0.05, 0) is 13.3 Å². The van der Waals surface area contributed by atoms with E-state index in [1.807, 2.05) is 31.2 Å². The zero-order valence-corrected chi connectivity index (χ0v) is 10.3. The van der Waals surface area contributed by atoms with E-state index in [0.717, 1.165) is 22.3 Å². The molecular weight excluding hydrogens is 228 g/mol. The number of benzene rings is 1. The summed E-state index contributed by atoms with van der Waals surface area (Å²) < 4.78 is 0. The molecular formula is C13H16N4O. The van der Waals surface area contributed by atoms with Gasteiger partial charge in [0.15, 0.2) is 5.82 Å². The first-order chi connectivity index (χ1) is 8.68. The van der Waals surface area contributed by atoms with E-state index in [-0.39, 0.29) is 5.91 Å². The van der Waals surface area contributed by atoms with Gasteiger partial charge in [-0.2, -0.15) is 5.10 Å². The van der Waals surface area contributed by atoms with Crippen LogP contribution in [0.4, 0.5) is 5.82 Å². The molecule has 0 aliphatic rings. The highest BCUT2D eigenvalue weighted by molar-refractivity contribution is 5.92. The second kappa shape index (κ2) is 5.44. The molecule has 18 heavy (non-hydrogen) atoms. The van der Waals surface area contributed by atoms with Crippen molar-refractivity contribution in [1.29, 1.82) is 0 Å². The third-order valence-electron chi connectivity index (χ3n) is 2.76. The SMILES string of the molecule is Cc1nnc(NCCCC(N)=O)c2ccccc12. The van der Waals surface area contributed by atoms with E-state index in [4.69, 9.17) is 5.73 Å². The molecule has 2 rings (SSSR count). The number of carbonyl (C=O) groups is 1. The first kappa shape index (κ1) is 12.3. The van der Waals surface area contributed by atoms with E-state index in [1.165, 1.54) is 0 Å². The van der Waals surface area contributed by atoms with E-state index >= 15 is 0 Å². The number of anilines is 1. The van der Waals surface area contributed by atoms with Gasteiger partial charge in [0.25, 0.3) is 0 Å². The lowest BCUT2D eigenvalue weighted by molar-refractivity contribution is -0.118. The molecule has 94 valence electrons. The van der Waals surface area contributed by atoms with Gasteiger partial charge in [0.1, 0.15) is 0 Å². The Hall–Kier alpha value is -2.17. The minimum absolute atomic E-state index is 0.281. The van der Waals surface area contributed by atoms with Crippen molar-refractivity contribution in [3.63, 3.8) is 0 Å². The Balaban J connectivity index is 2.14. The molecule has 0 aliphatic carbocycles. The van der Waals surface area contributed by atoms with Gasteiger partial charge in [0.05, 0.1) is 5.69 Å². The average Bonchev–Trinajstić information content (AvgIpc) is 2.37. The first-order valence-corrected chi connectivity index (χ1v) is 5.92. The molecule has 0 saturated carbocycles. The number of nitrogens with two attached hydrogens (primary N) is 1. The van der Waals surface area contributed by atoms with Crippen molar-refractivity contribution in [3.05, 3.63) is 30.0 Å². The second-order valence-corrected chi connectivity index (χ2v) is 4.18. The molecule has 3 N–H and O–H groups in total. The third-order valence-corrected chi connectivity index (χ3v) is 2.76. The smallest absolute Gasteiger partial charge is 0.217 e. The quantitative estimate of drug-likeness (QED) is 0.783. The monoisotopic (exact) mass is 244 g/mol. The van der Waals surface area contributed by atoms with Crippen molar-refractivity contribution in [2.75, 3.05) is 11.9 Å². The molecule has 0 spiro atoms. The second-order valence-electron chi connectivity index (χ2n) is 4.18. The van der Waals surface area contributed by atoms with Crippen molar-refractivity contribution in [2.24, 2.45) is 5.73 Å². The maximum Gasteiger partial charge on any atom is 0.217 e. The molecule has 2 aromatic rings. The summed E-state index contributed by atoms with van der Waals surface area (Å²) in [5.41, 5.74) is 6.00. The Kier molecular flexibility index (Phi) is 3.72. The topological polar surface area (TPSA) is 80.9 Å². The number of carbonyl (C=O) groups excluding carboxylic acids is 1. The number of hydrogen-bond acceptors (Lipinski definition) is 4. The van der Waals surface area contributed by atoms with Crippen molar-refractivity contribution in [1.82, 2.24) is 10.2 Å². The van der Waals surface area contributed by atoms with E-state index in [9.17, 15) is 4.79 Å². The normalized spacial score (nSPS) is 10.5. The number of aryl methyl sites for hydroxylation is 1. The van der Waals surface area contributed by atoms with Gasteiger partial charge >= 0.3 is 0 Å². The predicted molar refractivity (Wildman–Crippen MR) is 71.2 cm³/mol. The number of fused-ring (bicyclic) bond motifs is 1. The Morgan fingerprint density at radius 3 is 2.72 bits per heavy atom. The predicted octanol–water partition coefficient (Wildman–Crippen LogP) is 1.62. The Bertz CT molecular complexity index is 568.